The first-order valence-electron chi connectivity index (χ1n) is 2.37. The molecular formula is C4H11NaO4S. The van der Waals surface area contributed by atoms with E-state index in [1.165, 1.54) is 0 Å². The Balaban J connectivity index is -0.000000245. The average Bonchev–Trinajstić information content (AvgIpc) is 1.21. The van der Waals surface area contributed by atoms with Crippen molar-refractivity contribution < 1.29 is 48.0 Å². The van der Waals surface area contributed by atoms with Gasteiger partial charge < -0.3 is 5.48 Å². The Kier molecular flexibility index (Phi) is 11.2. The van der Waals surface area contributed by atoms with Crippen LogP contribution in [0.2, 0.25) is 0 Å². The predicted molar refractivity (Wildman–Crippen MR) is 33.2 cm³/mol. The second-order valence-electron chi connectivity index (χ2n) is 2.14. The molecule has 0 saturated heterocycles. The summed E-state index contributed by atoms with van der Waals surface area (Å²) in [6.45, 7) is 3.46. The van der Waals surface area contributed by atoms with Crippen molar-refractivity contribution in [2.75, 3.05) is 5.75 Å². The second kappa shape index (κ2) is 6.57. The zero-order valence-corrected chi connectivity index (χ0v) is 9.22. The van der Waals surface area contributed by atoms with E-state index in [1.54, 1.807) is 13.8 Å². The molecule has 0 saturated carbocycles. The van der Waals surface area contributed by atoms with Crippen LogP contribution < -0.4 is 29.6 Å². The molecule has 0 aromatic heterocycles. The molecule has 0 fully saturated rings. The summed E-state index contributed by atoms with van der Waals surface area (Å²) in [6.07, 6.45) is 0. The summed E-state index contributed by atoms with van der Waals surface area (Å²) >= 11 is 0. The van der Waals surface area contributed by atoms with Crippen LogP contribution in [0.25, 0.3) is 0 Å². The Bertz CT molecular complexity index is 151. The zero-order valence-electron chi connectivity index (χ0n) is 6.40. The molecule has 0 heterocycles. The first kappa shape index (κ1) is 17.1. The van der Waals surface area contributed by atoms with E-state index >= 15 is 0 Å². The van der Waals surface area contributed by atoms with Gasteiger partial charge in [0.05, 0.1) is 5.75 Å². The summed E-state index contributed by atoms with van der Waals surface area (Å²) in [4.78, 5) is 0. The Morgan fingerprint density at radius 2 is 1.70 bits per heavy atom. The number of hydrogen-bond acceptors (Lipinski definition) is 3. The van der Waals surface area contributed by atoms with E-state index in [2.05, 4.69) is 0 Å². The van der Waals surface area contributed by atoms with Gasteiger partial charge in [-0.25, -0.2) is 0 Å². The van der Waals surface area contributed by atoms with Crippen molar-refractivity contribution in [2.45, 2.75) is 13.8 Å². The van der Waals surface area contributed by atoms with Crippen molar-refractivity contribution in [1.29, 1.82) is 0 Å². The molecular weight excluding hydrogens is 167 g/mol. The van der Waals surface area contributed by atoms with Crippen LogP contribution in [-0.4, -0.2) is 24.2 Å². The molecule has 2 N–H and O–H groups in total. The van der Waals surface area contributed by atoms with Crippen LogP contribution in [0.15, 0.2) is 0 Å². The van der Waals surface area contributed by atoms with Crippen LogP contribution in [0.5, 0.6) is 0 Å². The van der Waals surface area contributed by atoms with Crippen LogP contribution in [0.1, 0.15) is 13.8 Å². The minimum Gasteiger partial charge on any atom is -0.870 e. The Labute approximate surface area is 83.4 Å². The summed E-state index contributed by atoms with van der Waals surface area (Å²) in [6, 6.07) is 0. The molecule has 0 rings (SSSR count). The molecule has 58 valence electrons. The number of hydrogen-bond donors (Lipinski definition) is 1. The van der Waals surface area contributed by atoms with Crippen molar-refractivity contribution in [3.05, 3.63) is 0 Å². The van der Waals surface area contributed by atoms with Gasteiger partial charge in [0.15, 0.2) is 0 Å². The van der Waals surface area contributed by atoms with Crippen molar-refractivity contribution in [3.8, 4) is 0 Å². The average molecular weight is 178 g/mol. The maximum absolute atomic E-state index is 10.00. The van der Waals surface area contributed by atoms with Crippen molar-refractivity contribution >= 4 is 10.1 Å². The molecule has 0 amide bonds. The molecule has 10 heavy (non-hydrogen) atoms. The normalized spacial score (nSPS) is 10.0. The largest absolute Gasteiger partial charge is 1.00 e. The molecule has 0 aliphatic rings. The van der Waals surface area contributed by atoms with E-state index in [0.717, 1.165) is 0 Å². The van der Waals surface area contributed by atoms with E-state index in [-0.39, 0.29) is 46.7 Å². The van der Waals surface area contributed by atoms with Gasteiger partial charge in [-0.3, -0.25) is 4.55 Å². The van der Waals surface area contributed by atoms with Crippen molar-refractivity contribution in [2.24, 2.45) is 5.92 Å². The number of rotatable bonds is 2. The second-order valence-corrected chi connectivity index (χ2v) is 3.64. The van der Waals surface area contributed by atoms with Gasteiger partial charge in [0.1, 0.15) is 0 Å². The molecule has 0 aliphatic carbocycles. The topological polar surface area (TPSA) is 84.4 Å². The maximum atomic E-state index is 10.00. The standard InChI is InChI=1S/C4H10O3S.Na.H2O/c1-4(2)3-8(5,6)7;;/h4H,3H2,1-2H3,(H,5,6,7);;1H2/q;+1;/p-1. The molecule has 0 spiro atoms. The van der Waals surface area contributed by atoms with Gasteiger partial charge in [0.2, 0.25) is 0 Å². The minimum atomic E-state index is -3.72. The first-order valence-corrected chi connectivity index (χ1v) is 3.98. The van der Waals surface area contributed by atoms with Crippen LogP contribution >= 0.6 is 0 Å². The molecule has 0 bridgehead atoms. The smallest absolute Gasteiger partial charge is 0.870 e. The SMILES string of the molecule is CC(C)CS(=O)(=O)O.[Na+].[OH-]. The predicted octanol–water partition coefficient (Wildman–Crippen LogP) is -2.64. The molecule has 0 radical (unpaired) electrons. The third-order valence-corrected chi connectivity index (χ3v) is 1.63. The summed E-state index contributed by atoms with van der Waals surface area (Å²) in [5, 5.41) is 0. The van der Waals surface area contributed by atoms with Gasteiger partial charge in [-0.05, 0) is 5.92 Å². The first-order chi connectivity index (χ1) is 3.42. The monoisotopic (exact) mass is 178 g/mol. The fourth-order valence-electron chi connectivity index (χ4n) is 0.421. The van der Waals surface area contributed by atoms with E-state index in [9.17, 15) is 8.42 Å². The van der Waals surface area contributed by atoms with E-state index in [0.29, 0.717) is 0 Å². The van der Waals surface area contributed by atoms with E-state index in [1.807, 2.05) is 0 Å². The molecule has 0 aromatic rings. The van der Waals surface area contributed by atoms with Gasteiger partial charge in [-0.15, -0.1) is 0 Å². The zero-order chi connectivity index (χ0) is 6.78. The van der Waals surface area contributed by atoms with Crippen molar-refractivity contribution in [3.63, 3.8) is 0 Å². The molecule has 0 unspecified atom stereocenters. The summed E-state index contributed by atoms with van der Waals surface area (Å²) < 4.78 is 28.2. The van der Waals surface area contributed by atoms with Gasteiger partial charge in [-0.1, -0.05) is 13.8 Å². The van der Waals surface area contributed by atoms with Crippen LogP contribution in [0, 0.1) is 5.92 Å². The minimum absolute atomic E-state index is 0. The van der Waals surface area contributed by atoms with Crippen LogP contribution in [0.3, 0.4) is 0 Å². The van der Waals surface area contributed by atoms with Gasteiger partial charge >= 0.3 is 29.6 Å². The van der Waals surface area contributed by atoms with Gasteiger partial charge in [0, 0.05) is 0 Å². The summed E-state index contributed by atoms with van der Waals surface area (Å²) in [7, 11) is -3.72. The third kappa shape index (κ3) is 15.9. The Hall–Kier alpha value is 0.870. The van der Waals surface area contributed by atoms with Gasteiger partial charge in [0.25, 0.3) is 10.1 Å². The van der Waals surface area contributed by atoms with E-state index < -0.39 is 10.1 Å². The summed E-state index contributed by atoms with van der Waals surface area (Å²) in [5.41, 5.74) is 0. The third-order valence-electron chi connectivity index (χ3n) is 0.544. The van der Waals surface area contributed by atoms with Crippen molar-refractivity contribution in [1.82, 2.24) is 0 Å². The van der Waals surface area contributed by atoms with E-state index in [4.69, 9.17) is 4.55 Å². The molecule has 0 atom stereocenters. The quantitative estimate of drug-likeness (QED) is 0.370. The Morgan fingerprint density at radius 1 is 1.40 bits per heavy atom. The molecule has 0 aromatic carbocycles. The van der Waals surface area contributed by atoms with Crippen LogP contribution in [0.4, 0.5) is 0 Å². The van der Waals surface area contributed by atoms with Gasteiger partial charge in [-0.2, -0.15) is 8.42 Å². The fraction of sp³-hybridized carbons (Fsp3) is 1.00. The molecule has 0 aliphatic heterocycles. The van der Waals surface area contributed by atoms with Crippen LogP contribution in [-0.2, 0) is 10.1 Å². The maximum Gasteiger partial charge on any atom is 1.00 e. The fourth-order valence-corrected chi connectivity index (χ4v) is 1.26. The molecule has 6 heteroatoms. The summed E-state index contributed by atoms with van der Waals surface area (Å²) in [5.74, 6) is -0.141. The Morgan fingerprint density at radius 3 is 1.70 bits per heavy atom. The molecule has 4 nitrogen and oxygen atoms in total.